The van der Waals surface area contributed by atoms with Gasteiger partial charge in [-0.1, -0.05) is 20.3 Å². The van der Waals surface area contributed by atoms with Gasteiger partial charge in [-0.05, 0) is 31.6 Å². The highest BCUT2D eigenvalue weighted by atomic mass is 16.3. The number of nitrogens with zero attached hydrogens (tertiary/aromatic N) is 1. The molecule has 0 spiro atoms. The van der Waals surface area contributed by atoms with Gasteiger partial charge < -0.3 is 15.7 Å². The summed E-state index contributed by atoms with van der Waals surface area (Å²) in [6, 6.07) is -0.372. The Labute approximate surface area is 104 Å². The van der Waals surface area contributed by atoms with E-state index in [1.165, 1.54) is 0 Å². The first kappa shape index (κ1) is 14.5. The average molecular weight is 242 g/mol. The molecule has 4 nitrogen and oxygen atoms in total. The summed E-state index contributed by atoms with van der Waals surface area (Å²) < 4.78 is 0. The summed E-state index contributed by atoms with van der Waals surface area (Å²) in [6.45, 7) is 7.37. The van der Waals surface area contributed by atoms with Crippen LogP contribution in [0.3, 0.4) is 0 Å². The lowest BCUT2D eigenvalue weighted by molar-refractivity contribution is -0.135. The lowest BCUT2D eigenvalue weighted by Crippen LogP contribution is -2.50. The van der Waals surface area contributed by atoms with E-state index in [-0.39, 0.29) is 24.0 Å². The van der Waals surface area contributed by atoms with Gasteiger partial charge in [0, 0.05) is 13.1 Å². The quantitative estimate of drug-likeness (QED) is 0.772. The van der Waals surface area contributed by atoms with E-state index in [0.29, 0.717) is 5.92 Å². The summed E-state index contributed by atoms with van der Waals surface area (Å²) in [6.07, 6.45) is 2.43. The maximum absolute atomic E-state index is 12.1. The van der Waals surface area contributed by atoms with Crippen LogP contribution in [0, 0.1) is 11.8 Å². The van der Waals surface area contributed by atoms with Crippen LogP contribution in [0.5, 0.6) is 0 Å². The molecule has 1 aliphatic rings. The predicted molar refractivity (Wildman–Crippen MR) is 68.4 cm³/mol. The van der Waals surface area contributed by atoms with Crippen molar-refractivity contribution in [2.24, 2.45) is 17.6 Å². The number of carbonyl (C=O) groups is 1. The maximum atomic E-state index is 12.1. The van der Waals surface area contributed by atoms with Crippen LogP contribution in [0.25, 0.3) is 0 Å². The number of amides is 1. The second kappa shape index (κ2) is 6.36. The third-order valence-corrected chi connectivity index (χ3v) is 4.08. The molecule has 1 saturated heterocycles. The van der Waals surface area contributed by atoms with E-state index in [9.17, 15) is 9.90 Å². The second-order valence-corrected chi connectivity index (χ2v) is 5.31. The number of aliphatic hydroxyl groups is 1. The summed E-state index contributed by atoms with van der Waals surface area (Å²) >= 11 is 0. The van der Waals surface area contributed by atoms with E-state index in [0.717, 1.165) is 32.4 Å². The van der Waals surface area contributed by atoms with Gasteiger partial charge in [-0.2, -0.15) is 0 Å². The Morgan fingerprint density at radius 1 is 1.41 bits per heavy atom. The van der Waals surface area contributed by atoms with Gasteiger partial charge in [0.1, 0.15) is 0 Å². The van der Waals surface area contributed by atoms with Crippen LogP contribution < -0.4 is 5.73 Å². The molecule has 1 aliphatic heterocycles. The van der Waals surface area contributed by atoms with Gasteiger partial charge in [-0.25, -0.2) is 0 Å². The minimum atomic E-state index is -0.372. The number of rotatable bonds is 4. The van der Waals surface area contributed by atoms with Crippen LogP contribution in [0.2, 0.25) is 0 Å². The molecule has 0 aromatic carbocycles. The van der Waals surface area contributed by atoms with Crippen LogP contribution in [-0.2, 0) is 4.79 Å². The van der Waals surface area contributed by atoms with Crippen molar-refractivity contribution in [1.82, 2.24) is 4.90 Å². The van der Waals surface area contributed by atoms with Crippen molar-refractivity contribution < 1.29 is 9.90 Å². The Morgan fingerprint density at radius 2 is 1.94 bits per heavy atom. The molecule has 0 saturated carbocycles. The lowest BCUT2D eigenvalue weighted by Gasteiger charge is -2.35. The summed E-state index contributed by atoms with van der Waals surface area (Å²) in [5, 5.41) is 9.51. The standard InChI is InChI=1S/C13H26N2O2/c1-4-9(2)12(14)13(17)15-7-5-11(6-8-15)10(3)16/h9-12,16H,4-8,14H2,1-3H3/t9-,10?,12-/m0/s1. The van der Waals surface area contributed by atoms with Crippen molar-refractivity contribution in [2.45, 2.75) is 52.2 Å². The van der Waals surface area contributed by atoms with Gasteiger partial charge in [0.2, 0.25) is 5.91 Å². The molecule has 0 radical (unpaired) electrons. The molecular formula is C13H26N2O2. The summed E-state index contributed by atoms with van der Waals surface area (Å²) in [7, 11) is 0. The number of nitrogens with two attached hydrogens (primary N) is 1. The highest BCUT2D eigenvalue weighted by Crippen LogP contribution is 2.21. The van der Waals surface area contributed by atoms with Crippen LogP contribution in [0.1, 0.15) is 40.0 Å². The highest BCUT2D eigenvalue weighted by molar-refractivity contribution is 5.82. The molecule has 100 valence electrons. The van der Waals surface area contributed by atoms with E-state index in [1.54, 1.807) is 0 Å². The van der Waals surface area contributed by atoms with E-state index in [4.69, 9.17) is 5.73 Å². The van der Waals surface area contributed by atoms with Crippen LogP contribution in [0.4, 0.5) is 0 Å². The number of likely N-dealkylation sites (tertiary alicyclic amines) is 1. The highest BCUT2D eigenvalue weighted by Gasteiger charge is 2.29. The van der Waals surface area contributed by atoms with Crippen molar-refractivity contribution in [2.75, 3.05) is 13.1 Å². The molecule has 4 heteroatoms. The fourth-order valence-corrected chi connectivity index (χ4v) is 2.31. The fourth-order valence-electron chi connectivity index (χ4n) is 2.31. The van der Waals surface area contributed by atoms with Crippen molar-refractivity contribution in [3.05, 3.63) is 0 Å². The monoisotopic (exact) mass is 242 g/mol. The van der Waals surface area contributed by atoms with E-state index in [1.807, 2.05) is 18.7 Å². The minimum absolute atomic E-state index is 0.0726. The summed E-state index contributed by atoms with van der Waals surface area (Å²) in [5.41, 5.74) is 5.96. The zero-order valence-corrected chi connectivity index (χ0v) is 11.2. The fraction of sp³-hybridized carbons (Fsp3) is 0.923. The maximum Gasteiger partial charge on any atom is 0.239 e. The normalized spacial score (nSPS) is 23.2. The molecule has 1 rings (SSSR count). The average Bonchev–Trinajstić information content (AvgIpc) is 2.36. The smallest absolute Gasteiger partial charge is 0.239 e. The zero-order valence-electron chi connectivity index (χ0n) is 11.2. The van der Waals surface area contributed by atoms with Gasteiger partial charge in [0.15, 0.2) is 0 Å². The Morgan fingerprint density at radius 3 is 2.35 bits per heavy atom. The van der Waals surface area contributed by atoms with Crippen molar-refractivity contribution in [1.29, 1.82) is 0 Å². The first-order chi connectivity index (χ1) is 7.97. The first-order valence-corrected chi connectivity index (χ1v) is 6.69. The number of carbonyl (C=O) groups excluding carboxylic acids is 1. The molecule has 3 N–H and O–H groups in total. The minimum Gasteiger partial charge on any atom is -0.393 e. The van der Waals surface area contributed by atoms with Gasteiger partial charge in [0.25, 0.3) is 0 Å². The molecule has 0 bridgehead atoms. The molecule has 0 aromatic heterocycles. The Hall–Kier alpha value is -0.610. The topological polar surface area (TPSA) is 66.6 Å². The molecule has 1 unspecified atom stereocenters. The van der Waals surface area contributed by atoms with Crippen LogP contribution >= 0.6 is 0 Å². The van der Waals surface area contributed by atoms with Gasteiger partial charge in [0.05, 0.1) is 12.1 Å². The molecule has 1 fully saturated rings. The first-order valence-electron chi connectivity index (χ1n) is 6.69. The Bertz CT molecular complexity index is 248. The molecule has 3 atom stereocenters. The number of piperidine rings is 1. The number of hydrogen-bond acceptors (Lipinski definition) is 3. The van der Waals surface area contributed by atoms with E-state index >= 15 is 0 Å². The van der Waals surface area contributed by atoms with Gasteiger partial charge in [-0.3, -0.25) is 4.79 Å². The summed E-state index contributed by atoms with van der Waals surface area (Å²) in [4.78, 5) is 14.0. The molecule has 1 amide bonds. The molecule has 1 heterocycles. The largest absolute Gasteiger partial charge is 0.393 e. The third kappa shape index (κ3) is 3.68. The number of hydrogen-bond donors (Lipinski definition) is 2. The molecule has 0 aromatic rings. The molecular weight excluding hydrogens is 216 g/mol. The van der Waals surface area contributed by atoms with Gasteiger partial charge in [-0.15, -0.1) is 0 Å². The van der Waals surface area contributed by atoms with Crippen molar-refractivity contribution in [3.8, 4) is 0 Å². The second-order valence-electron chi connectivity index (χ2n) is 5.31. The molecule has 0 aliphatic carbocycles. The Kier molecular flexibility index (Phi) is 5.40. The van der Waals surface area contributed by atoms with E-state index in [2.05, 4.69) is 6.92 Å². The van der Waals surface area contributed by atoms with E-state index < -0.39 is 0 Å². The summed E-state index contributed by atoms with van der Waals surface area (Å²) in [5.74, 6) is 0.638. The van der Waals surface area contributed by atoms with Crippen molar-refractivity contribution in [3.63, 3.8) is 0 Å². The SMILES string of the molecule is CC[C@H](C)[C@H](N)C(=O)N1CCC(C(C)O)CC1. The third-order valence-electron chi connectivity index (χ3n) is 4.08. The lowest BCUT2D eigenvalue weighted by atomic mass is 9.91. The molecule has 17 heavy (non-hydrogen) atoms. The van der Waals surface area contributed by atoms with Crippen molar-refractivity contribution >= 4 is 5.91 Å². The van der Waals surface area contributed by atoms with Crippen LogP contribution in [-0.4, -0.2) is 41.1 Å². The number of aliphatic hydroxyl groups excluding tert-OH is 1. The van der Waals surface area contributed by atoms with Crippen LogP contribution in [0.15, 0.2) is 0 Å². The predicted octanol–water partition coefficient (Wildman–Crippen LogP) is 0.979. The van der Waals surface area contributed by atoms with Gasteiger partial charge >= 0.3 is 0 Å². The zero-order chi connectivity index (χ0) is 13.0. The Balaban J connectivity index is 2.46.